The molecule has 0 spiro atoms. The summed E-state index contributed by atoms with van der Waals surface area (Å²) in [5.41, 5.74) is 2.15. The number of anilines is 1. The number of carbonyl (C=O) groups excluding carboxylic acids is 1. The van der Waals surface area contributed by atoms with Crippen LogP contribution in [0.2, 0.25) is 0 Å². The molecular weight excluding hydrogens is 266 g/mol. The number of carbonyl (C=O) groups is 1. The van der Waals surface area contributed by atoms with Crippen molar-refractivity contribution in [2.45, 2.75) is 13.0 Å². The molecule has 1 aliphatic heterocycles. The molecule has 2 heterocycles. The van der Waals surface area contributed by atoms with Gasteiger partial charge in [0.1, 0.15) is 0 Å². The highest BCUT2D eigenvalue weighted by Crippen LogP contribution is 2.27. The zero-order valence-corrected chi connectivity index (χ0v) is 11.5. The molecule has 1 unspecified atom stereocenters. The summed E-state index contributed by atoms with van der Waals surface area (Å²) >= 11 is 3.26. The summed E-state index contributed by atoms with van der Waals surface area (Å²) in [6, 6.07) is 6.01. The lowest BCUT2D eigenvalue weighted by atomic mass is 10.2. The molecule has 94 valence electrons. The Bertz CT molecular complexity index is 590. The smallest absolute Gasteiger partial charge is 0.244 e. The topological polar surface area (TPSA) is 54.0 Å². The van der Waals surface area contributed by atoms with Crippen molar-refractivity contribution in [3.8, 4) is 0 Å². The molecule has 18 heavy (non-hydrogen) atoms. The minimum absolute atomic E-state index is 0.00998. The Morgan fingerprint density at radius 2 is 2.44 bits per heavy atom. The molecule has 1 aliphatic rings. The highest BCUT2D eigenvalue weighted by atomic mass is 32.2. The van der Waals surface area contributed by atoms with Gasteiger partial charge in [0.2, 0.25) is 5.91 Å². The van der Waals surface area contributed by atoms with Crippen LogP contribution in [0.15, 0.2) is 18.2 Å². The lowest BCUT2D eigenvalue weighted by molar-refractivity contribution is -0.117. The number of nitrogens with zero attached hydrogens (tertiary/aromatic N) is 1. The molecule has 4 nitrogen and oxygen atoms in total. The average Bonchev–Trinajstić information content (AvgIpc) is 2.95. The van der Waals surface area contributed by atoms with Gasteiger partial charge in [0.25, 0.3) is 0 Å². The molecule has 0 radical (unpaired) electrons. The van der Waals surface area contributed by atoms with Crippen molar-refractivity contribution in [2.24, 2.45) is 0 Å². The van der Waals surface area contributed by atoms with E-state index in [0.717, 1.165) is 21.8 Å². The summed E-state index contributed by atoms with van der Waals surface area (Å²) in [5, 5.41) is 6.71. The summed E-state index contributed by atoms with van der Waals surface area (Å²) in [7, 11) is 0. The normalized spacial score (nSPS) is 19.3. The van der Waals surface area contributed by atoms with Gasteiger partial charge in [-0.05, 0) is 24.6 Å². The lowest BCUT2D eigenvalue weighted by Crippen LogP contribution is -2.37. The van der Waals surface area contributed by atoms with E-state index < -0.39 is 0 Å². The van der Waals surface area contributed by atoms with E-state index in [4.69, 9.17) is 0 Å². The number of aryl methyl sites for hydroxylation is 1. The van der Waals surface area contributed by atoms with Crippen molar-refractivity contribution in [3.05, 3.63) is 23.8 Å². The minimum Gasteiger partial charge on any atom is -0.301 e. The van der Waals surface area contributed by atoms with Gasteiger partial charge in [-0.3, -0.25) is 10.1 Å². The molecule has 2 aromatic rings. The van der Waals surface area contributed by atoms with Crippen LogP contribution in [-0.2, 0) is 4.79 Å². The number of benzene rings is 1. The molecule has 1 saturated heterocycles. The highest BCUT2D eigenvalue weighted by molar-refractivity contribution is 7.99. The quantitative estimate of drug-likeness (QED) is 0.885. The summed E-state index contributed by atoms with van der Waals surface area (Å²) < 4.78 is 1.11. The van der Waals surface area contributed by atoms with Crippen LogP contribution >= 0.6 is 23.1 Å². The van der Waals surface area contributed by atoms with Crippen LogP contribution in [0, 0.1) is 6.92 Å². The third-order valence-electron chi connectivity index (χ3n) is 2.81. The fourth-order valence-electron chi connectivity index (χ4n) is 1.84. The fourth-order valence-corrected chi connectivity index (χ4v) is 3.75. The molecule has 0 saturated carbocycles. The highest BCUT2D eigenvalue weighted by Gasteiger charge is 2.23. The Hall–Kier alpha value is -1.11. The van der Waals surface area contributed by atoms with Crippen molar-refractivity contribution in [2.75, 3.05) is 16.9 Å². The number of aromatic nitrogens is 1. The second-order valence-electron chi connectivity index (χ2n) is 4.25. The molecule has 3 rings (SSSR count). The molecule has 6 heteroatoms. The first-order chi connectivity index (χ1) is 8.72. The number of rotatable bonds is 2. The summed E-state index contributed by atoms with van der Waals surface area (Å²) in [6.07, 6.45) is 0. The van der Waals surface area contributed by atoms with Gasteiger partial charge in [-0.2, -0.15) is 0 Å². The molecule has 1 amide bonds. The van der Waals surface area contributed by atoms with Gasteiger partial charge in [-0.15, -0.1) is 11.8 Å². The maximum absolute atomic E-state index is 11.9. The van der Waals surface area contributed by atoms with Gasteiger partial charge in [-0.25, -0.2) is 4.98 Å². The van der Waals surface area contributed by atoms with E-state index in [1.807, 2.05) is 12.1 Å². The van der Waals surface area contributed by atoms with E-state index >= 15 is 0 Å². The van der Waals surface area contributed by atoms with Crippen molar-refractivity contribution in [3.63, 3.8) is 0 Å². The Morgan fingerprint density at radius 1 is 1.56 bits per heavy atom. The predicted molar refractivity (Wildman–Crippen MR) is 77.2 cm³/mol. The van der Waals surface area contributed by atoms with E-state index in [9.17, 15) is 4.79 Å². The second-order valence-corrected chi connectivity index (χ2v) is 6.31. The van der Waals surface area contributed by atoms with Crippen molar-refractivity contribution in [1.29, 1.82) is 0 Å². The number of thioether (sulfide) groups is 1. The van der Waals surface area contributed by atoms with Gasteiger partial charge >= 0.3 is 0 Å². The molecule has 1 aromatic carbocycles. The summed E-state index contributed by atoms with van der Waals surface area (Å²) in [6.45, 7) is 2.05. The SMILES string of the molecule is Cc1ccc2nc(NC(=O)C3CSCN3)sc2c1. The first-order valence-electron chi connectivity index (χ1n) is 5.71. The van der Waals surface area contributed by atoms with Gasteiger partial charge in [0.15, 0.2) is 5.13 Å². The fraction of sp³-hybridized carbons (Fsp3) is 0.333. The van der Waals surface area contributed by atoms with Crippen LogP contribution in [0.4, 0.5) is 5.13 Å². The van der Waals surface area contributed by atoms with E-state index in [-0.39, 0.29) is 11.9 Å². The Balaban J connectivity index is 1.79. The summed E-state index contributed by atoms with van der Waals surface area (Å²) in [5.74, 6) is 1.68. The molecule has 1 atom stereocenters. The van der Waals surface area contributed by atoms with E-state index in [2.05, 4.69) is 28.6 Å². The largest absolute Gasteiger partial charge is 0.301 e. The first kappa shape index (κ1) is 12.0. The van der Waals surface area contributed by atoms with Crippen LogP contribution < -0.4 is 10.6 Å². The Kier molecular flexibility index (Phi) is 3.23. The molecule has 0 bridgehead atoms. The maximum atomic E-state index is 11.9. The predicted octanol–water partition coefficient (Wildman–Crippen LogP) is 2.21. The van der Waals surface area contributed by atoms with Gasteiger partial charge < -0.3 is 5.32 Å². The third-order valence-corrected chi connectivity index (χ3v) is 4.68. The second kappa shape index (κ2) is 4.87. The zero-order valence-electron chi connectivity index (χ0n) is 9.90. The van der Waals surface area contributed by atoms with E-state index in [0.29, 0.717) is 5.13 Å². The van der Waals surface area contributed by atoms with Gasteiger partial charge in [0.05, 0.1) is 16.3 Å². The molecular formula is C12H13N3OS2. The van der Waals surface area contributed by atoms with Crippen LogP contribution in [0.1, 0.15) is 5.56 Å². The number of hydrogen-bond donors (Lipinski definition) is 2. The van der Waals surface area contributed by atoms with Crippen LogP contribution in [0.25, 0.3) is 10.2 Å². The monoisotopic (exact) mass is 279 g/mol. The average molecular weight is 279 g/mol. The molecule has 0 aliphatic carbocycles. The van der Waals surface area contributed by atoms with Crippen molar-refractivity contribution in [1.82, 2.24) is 10.3 Å². The van der Waals surface area contributed by atoms with E-state index in [1.54, 1.807) is 11.8 Å². The van der Waals surface area contributed by atoms with Crippen LogP contribution in [0.5, 0.6) is 0 Å². The number of hydrogen-bond acceptors (Lipinski definition) is 5. The Morgan fingerprint density at radius 3 is 3.22 bits per heavy atom. The number of amides is 1. The number of nitrogens with one attached hydrogen (secondary N) is 2. The van der Waals surface area contributed by atoms with Crippen molar-refractivity contribution < 1.29 is 4.79 Å². The first-order valence-corrected chi connectivity index (χ1v) is 7.69. The molecule has 2 N–H and O–H groups in total. The number of fused-ring (bicyclic) bond motifs is 1. The zero-order chi connectivity index (χ0) is 12.5. The molecule has 1 aromatic heterocycles. The maximum Gasteiger partial charge on any atom is 0.244 e. The van der Waals surface area contributed by atoms with Crippen LogP contribution in [-0.4, -0.2) is 28.6 Å². The van der Waals surface area contributed by atoms with Gasteiger partial charge in [0, 0.05) is 11.6 Å². The molecule has 1 fully saturated rings. The van der Waals surface area contributed by atoms with Crippen molar-refractivity contribution >= 4 is 44.4 Å². The standard InChI is InChI=1S/C12H13N3OS2/c1-7-2-3-8-10(4-7)18-12(14-8)15-11(16)9-5-17-6-13-9/h2-4,9,13H,5-6H2,1H3,(H,14,15,16). The minimum atomic E-state index is -0.0938. The lowest BCUT2D eigenvalue weighted by Gasteiger charge is -2.07. The van der Waals surface area contributed by atoms with Crippen LogP contribution in [0.3, 0.4) is 0 Å². The third kappa shape index (κ3) is 2.36. The number of thiazole rings is 1. The Labute approximate surface area is 113 Å². The van der Waals surface area contributed by atoms with Gasteiger partial charge in [-0.1, -0.05) is 17.4 Å². The van der Waals surface area contributed by atoms with E-state index in [1.165, 1.54) is 16.9 Å². The summed E-state index contributed by atoms with van der Waals surface area (Å²) in [4.78, 5) is 16.4.